The van der Waals surface area contributed by atoms with Crippen LogP contribution < -0.4 is 4.72 Å². The maximum absolute atomic E-state index is 11.7. The van der Waals surface area contributed by atoms with E-state index in [1.54, 1.807) is 0 Å². The molecule has 0 spiro atoms. The molecule has 16 heavy (non-hydrogen) atoms. The van der Waals surface area contributed by atoms with Crippen LogP contribution in [0, 0.1) is 0 Å². The Kier molecular flexibility index (Phi) is 5.20. The molecule has 0 aliphatic rings. The summed E-state index contributed by atoms with van der Waals surface area (Å²) in [6, 6.07) is 0. The third kappa shape index (κ3) is 3.75. The maximum atomic E-state index is 11.7. The van der Waals surface area contributed by atoms with Crippen LogP contribution in [-0.4, -0.2) is 44.3 Å². The molecule has 0 aliphatic heterocycles. The minimum absolute atomic E-state index is 0.133. The fourth-order valence-corrected chi connectivity index (χ4v) is 2.19. The van der Waals surface area contributed by atoms with Crippen molar-refractivity contribution in [2.45, 2.75) is 11.4 Å². The molecule has 0 radical (unpaired) electrons. The number of ether oxygens (including phenoxy) is 1. The molecule has 0 bridgehead atoms. The van der Waals surface area contributed by atoms with Crippen molar-refractivity contribution in [3.05, 3.63) is 12.4 Å². The van der Waals surface area contributed by atoms with Crippen molar-refractivity contribution >= 4 is 21.6 Å². The van der Waals surface area contributed by atoms with Crippen molar-refractivity contribution in [3.63, 3.8) is 0 Å². The molecule has 1 rings (SSSR count). The van der Waals surface area contributed by atoms with Crippen LogP contribution in [0.1, 0.15) is 0 Å². The van der Waals surface area contributed by atoms with Crippen LogP contribution in [0.4, 0.5) is 0 Å². The second kappa shape index (κ2) is 6.19. The first-order valence-electron chi connectivity index (χ1n) is 4.67. The molecule has 6 nitrogen and oxygen atoms in total. The zero-order valence-corrected chi connectivity index (χ0v) is 10.5. The van der Waals surface area contributed by atoms with Gasteiger partial charge in [-0.3, -0.25) is 4.68 Å². The summed E-state index contributed by atoms with van der Waals surface area (Å²) in [5.41, 5.74) is 0. The van der Waals surface area contributed by atoms with Crippen LogP contribution in [-0.2, 0) is 21.3 Å². The third-order valence-corrected chi connectivity index (χ3v) is 3.42. The summed E-state index contributed by atoms with van der Waals surface area (Å²) < 4.78 is 32.0. The van der Waals surface area contributed by atoms with Gasteiger partial charge in [0.15, 0.2) is 0 Å². The number of rotatable bonds is 7. The van der Waals surface area contributed by atoms with Crippen molar-refractivity contribution in [2.24, 2.45) is 0 Å². The van der Waals surface area contributed by atoms with Gasteiger partial charge in [-0.2, -0.15) is 5.10 Å². The van der Waals surface area contributed by atoms with E-state index in [9.17, 15) is 8.42 Å². The van der Waals surface area contributed by atoms with Crippen molar-refractivity contribution in [3.8, 4) is 0 Å². The van der Waals surface area contributed by atoms with Crippen LogP contribution in [0.3, 0.4) is 0 Å². The molecule has 1 N–H and O–H groups in total. The first kappa shape index (κ1) is 13.4. The van der Waals surface area contributed by atoms with Crippen LogP contribution >= 0.6 is 11.6 Å². The molecule has 0 saturated carbocycles. The van der Waals surface area contributed by atoms with E-state index in [0.29, 0.717) is 19.0 Å². The van der Waals surface area contributed by atoms with E-state index in [-0.39, 0.29) is 11.4 Å². The van der Waals surface area contributed by atoms with Crippen molar-refractivity contribution < 1.29 is 13.2 Å². The predicted octanol–water partition coefficient (Wildman–Crippen LogP) is 0.0466. The van der Waals surface area contributed by atoms with Crippen LogP contribution in [0.5, 0.6) is 0 Å². The summed E-state index contributed by atoms with van der Waals surface area (Å²) >= 11 is 5.52. The highest BCUT2D eigenvalue weighted by molar-refractivity contribution is 7.89. The molecule has 0 unspecified atom stereocenters. The quantitative estimate of drug-likeness (QED) is 0.560. The molecular weight excluding hydrogens is 254 g/mol. The van der Waals surface area contributed by atoms with Crippen molar-refractivity contribution in [2.75, 3.05) is 26.1 Å². The highest BCUT2D eigenvalue weighted by Crippen LogP contribution is 2.06. The molecule has 0 aromatic carbocycles. The first-order valence-corrected chi connectivity index (χ1v) is 6.69. The van der Waals surface area contributed by atoms with Gasteiger partial charge in [-0.1, -0.05) is 0 Å². The van der Waals surface area contributed by atoms with Gasteiger partial charge in [0.25, 0.3) is 0 Å². The Labute approximate surface area is 99.6 Å². The van der Waals surface area contributed by atoms with Gasteiger partial charge in [0, 0.05) is 25.7 Å². The second-order valence-corrected chi connectivity index (χ2v) is 5.16. The molecule has 8 heteroatoms. The van der Waals surface area contributed by atoms with Crippen LogP contribution in [0.15, 0.2) is 17.3 Å². The smallest absolute Gasteiger partial charge is 0.243 e. The Morgan fingerprint density at radius 1 is 1.62 bits per heavy atom. The number of nitrogens with zero attached hydrogens (tertiary/aromatic N) is 2. The lowest BCUT2D eigenvalue weighted by atomic mass is 10.7. The average molecular weight is 268 g/mol. The zero-order chi connectivity index (χ0) is 12.0. The van der Waals surface area contributed by atoms with E-state index in [1.807, 2.05) is 0 Å². The summed E-state index contributed by atoms with van der Waals surface area (Å²) in [6.07, 6.45) is 2.74. The van der Waals surface area contributed by atoms with Crippen LogP contribution in [0.2, 0.25) is 0 Å². The van der Waals surface area contributed by atoms with Gasteiger partial charge < -0.3 is 4.74 Å². The lowest BCUT2D eigenvalue weighted by Crippen LogP contribution is -2.26. The van der Waals surface area contributed by atoms with Crippen LogP contribution in [0.25, 0.3) is 0 Å². The second-order valence-electron chi connectivity index (χ2n) is 3.02. The molecule has 1 aromatic heterocycles. The van der Waals surface area contributed by atoms with E-state index in [2.05, 4.69) is 9.82 Å². The topological polar surface area (TPSA) is 73.2 Å². The predicted molar refractivity (Wildman–Crippen MR) is 60.0 cm³/mol. The monoisotopic (exact) mass is 267 g/mol. The Morgan fingerprint density at radius 3 is 3.00 bits per heavy atom. The minimum atomic E-state index is -3.49. The lowest BCUT2D eigenvalue weighted by molar-refractivity contribution is 0.204. The van der Waals surface area contributed by atoms with Gasteiger partial charge >= 0.3 is 0 Å². The van der Waals surface area contributed by atoms with Gasteiger partial charge in [-0.25, -0.2) is 13.1 Å². The molecular formula is C8H14ClN3O3S. The van der Waals surface area contributed by atoms with Gasteiger partial charge in [-0.15, -0.1) is 11.6 Å². The zero-order valence-electron chi connectivity index (χ0n) is 8.89. The Hall–Kier alpha value is -0.630. The normalized spacial score (nSPS) is 11.9. The summed E-state index contributed by atoms with van der Waals surface area (Å²) in [5.74, 6) is 0.387. The fourth-order valence-electron chi connectivity index (χ4n) is 1.05. The van der Waals surface area contributed by atoms with E-state index in [4.69, 9.17) is 16.3 Å². The Morgan fingerprint density at radius 2 is 2.38 bits per heavy atom. The van der Waals surface area contributed by atoms with Gasteiger partial charge in [0.1, 0.15) is 4.90 Å². The van der Waals surface area contributed by atoms with E-state index in [1.165, 1.54) is 24.2 Å². The highest BCUT2D eigenvalue weighted by Gasteiger charge is 2.15. The van der Waals surface area contributed by atoms with Gasteiger partial charge in [0.05, 0.1) is 19.3 Å². The number of halogens is 1. The number of aryl methyl sites for hydroxylation is 1. The van der Waals surface area contributed by atoms with E-state index >= 15 is 0 Å². The summed E-state index contributed by atoms with van der Waals surface area (Å²) in [7, 11) is -1.98. The lowest BCUT2D eigenvalue weighted by Gasteiger charge is -2.03. The van der Waals surface area contributed by atoms with Crippen molar-refractivity contribution in [1.29, 1.82) is 0 Å². The summed E-state index contributed by atoms with van der Waals surface area (Å²) in [6.45, 7) is 1.05. The maximum Gasteiger partial charge on any atom is 0.243 e. The molecule has 0 fully saturated rings. The number of alkyl halides is 1. The third-order valence-electron chi connectivity index (χ3n) is 1.83. The van der Waals surface area contributed by atoms with Crippen molar-refractivity contribution in [1.82, 2.24) is 14.5 Å². The van der Waals surface area contributed by atoms with Gasteiger partial charge in [0.2, 0.25) is 10.0 Å². The number of nitrogens with one attached hydrogen (secondary N) is 1. The highest BCUT2D eigenvalue weighted by atomic mass is 35.5. The largest absolute Gasteiger partial charge is 0.383 e. The summed E-state index contributed by atoms with van der Waals surface area (Å²) in [4.78, 5) is 0.133. The number of sulfonamides is 1. The fraction of sp³-hybridized carbons (Fsp3) is 0.625. The first-order chi connectivity index (χ1) is 7.60. The number of aromatic nitrogens is 2. The molecule has 0 amide bonds. The average Bonchev–Trinajstić information content (AvgIpc) is 2.68. The standard InChI is InChI=1S/C8H14ClN3O3S/c1-15-5-3-11-16(13,14)8-6-10-12(7-8)4-2-9/h6-7,11H,2-5H2,1H3. The summed E-state index contributed by atoms with van der Waals surface area (Å²) in [5, 5.41) is 3.88. The molecule has 1 heterocycles. The minimum Gasteiger partial charge on any atom is -0.383 e. The molecule has 0 aliphatic carbocycles. The Balaban J connectivity index is 2.66. The molecule has 92 valence electrons. The van der Waals surface area contributed by atoms with E-state index in [0.717, 1.165) is 0 Å². The number of hydrogen-bond donors (Lipinski definition) is 1. The Bertz CT molecular complexity index is 418. The molecule has 0 saturated heterocycles. The SMILES string of the molecule is COCCNS(=O)(=O)c1cnn(CCCl)c1. The van der Waals surface area contributed by atoms with E-state index < -0.39 is 10.0 Å². The number of hydrogen-bond acceptors (Lipinski definition) is 4. The molecule has 0 atom stereocenters. The van der Waals surface area contributed by atoms with Gasteiger partial charge in [-0.05, 0) is 0 Å². The molecule has 1 aromatic rings. The number of methoxy groups -OCH3 is 1.